The molecule has 0 aromatic heterocycles. The second kappa shape index (κ2) is 7.25. The molecule has 0 aliphatic heterocycles. The van der Waals surface area contributed by atoms with Crippen LogP contribution in [-0.4, -0.2) is 5.24 Å². The Hall–Kier alpha value is -1.60. The zero-order valence-electron chi connectivity index (χ0n) is 11.7. The highest BCUT2D eigenvalue weighted by molar-refractivity contribution is 6.68. The number of carbonyl (C=O) groups is 1. The Morgan fingerprint density at radius 1 is 1.00 bits per heavy atom. The highest BCUT2D eigenvalue weighted by Gasteiger charge is 2.15. The molecule has 1 nitrogen and oxygen atoms in total. The molecule has 0 unspecified atom stereocenters. The van der Waals surface area contributed by atoms with E-state index in [4.69, 9.17) is 11.6 Å². The van der Waals surface area contributed by atoms with Crippen LogP contribution >= 0.6 is 11.6 Å². The lowest BCUT2D eigenvalue weighted by molar-refractivity contribution is 0.108. The first-order valence-electron chi connectivity index (χ1n) is 7.11. The molecule has 0 amide bonds. The van der Waals surface area contributed by atoms with Crippen LogP contribution in [0.1, 0.15) is 42.1 Å². The lowest BCUT2D eigenvalue weighted by Gasteiger charge is -2.12. The Morgan fingerprint density at radius 2 is 1.75 bits per heavy atom. The van der Waals surface area contributed by atoms with Crippen molar-refractivity contribution in [3.05, 3.63) is 59.7 Å². The van der Waals surface area contributed by atoms with E-state index in [0.717, 1.165) is 29.5 Å². The van der Waals surface area contributed by atoms with E-state index in [1.54, 1.807) is 0 Å². The monoisotopic (exact) mass is 286 g/mol. The number of benzene rings is 2. The Balaban J connectivity index is 2.42. The number of unbranched alkanes of at least 4 members (excludes halogenated alkanes) is 2. The van der Waals surface area contributed by atoms with Crippen molar-refractivity contribution in [2.75, 3.05) is 0 Å². The van der Waals surface area contributed by atoms with Crippen molar-refractivity contribution in [1.82, 2.24) is 0 Å². The molecule has 0 spiro atoms. The fourth-order valence-corrected chi connectivity index (χ4v) is 2.69. The van der Waals surface area contributed by atoms with Crippen LogP contribution in [-0.2, 0) is 6.42 Å². The normalized spacial score (nSPS) is 10.5. The Kier molecular flexibility index (Phi) is 5.37. The van der Waals surface area contributed by atoms with Crippen molar-refractivity contribution >= 4 is 16.8 Å². The summed E-state index contributed by atoms with van der Waals surface area (Å²) in [5.74, 6) is 0. The molecule has 2 aromatic rings. The topological polar surface area (TPSA) is 17.1 Å². The largest absolute Gasteiger partial charge is 0.276 e. The Morgan fingerprint density at radius 3 is 2.40 bits per heavy atom. The minimum atomic E-state index is -0.365. The van der Waals surface area contributed by atoms with Crippen LogP contribution in [0.15, 0.2) is 48.5 Å². The van der Waals surface area contributed by atoms with Crippen LogP contribution in [0.4, 0.5) is 0 Å². The van der Waals surface area contributed by atoms with Gasteiger partial charge in [0.05, 0.1) is 0 Å². The van der Waals surface area contributed by atoms with Gasteiger partial charge in [-0.2, -0.15) is 0 Å². The molecule has 0 atom stereocenters. The van der Waals surface area contributed by atoms with Gasteiger partial charge in [-0.3, -0.25) is 4.79 Å². The van der Waals surface area contributed by atoms with Crippen LogP contribution in [0.2, 0.25) is 0 Å². The summed E-state index contributed by atoms with van der Waals surface area (Å²) in [5.41, 5.74) is 3.68. The number of aryl methyl sites for hydroxylation is 1. The maximum Gasteiger partial charge on any atom is 0.253 e. The van der Waals surface area contributed by atoms with Gasteiger partial charge in [0.2, 0.25) is 0 Å². The molecule has 2 heteroatoms. The van der Waals surface area contributed by atoms with E-state index in [1.165, 1.54) is 12.8 Å². The number of hydrogen-bond donors (Lipinski definition) is 0. The Labute approximate surface area is 125 Å². The second-order valence-corrected chi connectivity index (χ2v) is 5.28. The number of carbonyl (C=O) groups excluding carboxylic acids is 1. The van der Waals surface area contributed by atoms with Gasteiger partial charge in [0.15, 0.2) is 0 Å². The molecular formula is C18H19ClO. The van der Waals surface area contributed by atoms with Gasteiger partial charge < -0.3 is 0 Å². The van der Waals surface area contributed by atoms with Gasteiger partial charge in [0.25, 0.3) is 5.24 Å². The van der Waals surface area contributed by atoms with Crippen molar-refractivity contribution in [2.45, 2.75) is 32.6 Å². The van der Waals surface area contributed by atoms with Gasteiger partial charge in [-0.25, -0.2) is 0 Å². The van der Waals surface area contributed by atoms with Crippen LogP contribution in [0, 0.1) is 0 Å². The van der Waals surface area contributed by atoms with E-state index in [1.807, 2.05) is 48.5 Å². The lowest BCUT2D eigenvalue weighted by atomic mass is 9.93. The van der Waals surface area contributed by atoms with Gasteiger partial charge in [0.1, 0.15) is 0 Å². The summed E-state index contributed by atoms with van der Waals surface area (Å²) in [6, 6.07) is 15.9. The summed E-state index contributed by atoms with van der Waals surface area (Å²) in [5, 5.41) is -0.365. The minimum Gasteiger partial charge on any atom is -0.276 e. The molecule has 0 saturated carbocycles. The first-order valence-corrected chi connectivity index (χ1v) is 7.49. The van der Waals surface area contributed by atoms with E-state index in [0.29, 0.717) is 5.56 Å². The summed E-state index contributed by atoms with van der Waals surface area (Å²) in [6.45, 7) is 2.17. The predicted molar refractivity (Wildman–Crippen MR) is 85.3 cm³/mol. The molecular weight excluding hydrogens is 268 g/mol. The van der Waals surface area contributed by atoms with Gasteiger partial charge in [-0.15, -0.1) is 0 Å². The Bertz CT molecular complexity index is 575. The van der Waals surface area contributed by atoms with Gasteiger partial charge in [0, 0.05) is 5.56 Å². The summed E-state index contributed by atoms with van der Waals surface area (Å²) in [7, 11) is 0. The molecule has 0 fully saturated rings. The number of halogens is 1. The van der Waals surface area contributed by atoms with E-state index < -0.39 is 0 Å². The molecule has 0 aliphatic rings. The zero-order valence-corrected chi connectivity index (χ0v) is 12.5. The average Bonchev–Trinajstić information content (AvgIpc) is 2.48. The molecule has 20 heavy (non-hydrogen) atoms. The molecule has 0 heterocycles. The molecule has 104 valence electrons. The van der Waals surface area contributed by atoms with Crippen molar-refractivity contribution in [3.8, 4) is 11.1 Å². The highest BCUT2D eigenvalue weighted by Crippen LogP contribution is 2.28. The summed E-state index contributed by atoms with van der Waals surface area (Å²) in [4.78, 5) is 11.9. The van der Waals surface area contributed by atoms with Crippen molar-refractivity contribution in [2.24, 2.45) is 0 Å². The quantitative estimate of drug-likeness (QED) is 0.509. The highest BCUT2D eigenvalue weighted by atomic mass is 35.5. The average molecular weight is 287 g/mol. The van der Waals surface area contributed by atoms with E-state index in [-0.39, 0.29) is 5.24 Å². The third kappa shape index (κ3) is 3.49. The number of hydrogen-bond acceptors (Lipinski definition) is 1. The fourth-order valence-electron chi connectivity index (χ4n) is 2.46. The molecule has 0 bridgehead atoms. The molecule has 0 aliphatic carbocycles. The molecule has 0 N–H and O–H groups in total. The van der Waals surface area contributed by atoms with Crippen LogP contribution in [0.5, 0.6) is 0 Å². The molecule has 2 aromatic carbocycles. The second-order valence-electron chi connectivity index (χ2n) is 4.94. The standard InChI is InChI=1S/C18H19ClO/c1-2-3-5-11-15-12-8-13-16(17(15)18(19)20)14-9-6-4-7-10-14/h4,6-10,12-13H,2-3,5,11H2,1H3. The maximum atomic E-state index is 11.9. The third-order valence-electron chi connectivity index (χ3n) is 3.48. The van der Waals surface area contributed by atoms with Gasteiger partial charge >= 0.3 is 0 Å². The minimum absolute atomic E-state index is 0.365. The molecule has 2 rings (SSSR count). The van der Waals surface area contributed by atoms with E-state index >= 15 is 0 Å². The van der Waals surface area contributed by atoms with Crippen LogP contribution < -0.4 is 0 Å². The smallest absolute Gasteiger partial charge is 0.253 e. The first kappa shape index (κ1) is 14.8. The van der Waals surface area contributed by atoms with Crippen molar-refractivity contribution in [3.63, 3.8) is 0 Å². The fraction of sp³-hybridized carbons (Fsp3) is 0.278. The van der Waals surface area contributed by atoms with Crippen molar-refractivity contribution < 1.29 is 4.79 Å². The van der Waals surface area contributed by atoms with Gasteiger partial charge in [-0.05, 0) is 41.1 Å². The predicted octanol–water partition coefficient (Wildman–Crippen LogP) is 5.47. The van der Waals surface area contributed by atoms with Crippen LogP contribution in [0.3, 0.4) is 0 Å². The third-order valence-corrected chi connectivity index (χ3v) is 3.67. The number of rotatable bonds is 6. The van der Waals surface area contributed by atoms with Gasteiger partial charge in [-0.1, -0.05) is 68.3 Å². The SMILES string of the molecule is CCCCCc1cccc(-c2ccccc2)c1C(=O)Cl. The van der Waals surface area contributed by atoms with Crippen LogP contribution in [0.25, 0.3) is 11.1 Å². The summed E-state index contributed by atoms with van der Waals surface area (Å²) >= 11 is 5.84. The first-order chi connectivity index (χ1) is 9.74. The van der Waals surface area contributed by atoms with E-state index in [2.05, 4.69) is 6.92 Å². The summed E-state index contributed by atoms with van der Waals surface area (Å²) < 4.78 is 0. The molecule has 0 saturated heterocycles. The van der Waals surface area contributed by atoms with E-state index in [9.17, 15) is 4.79 Å². The lowest BCUT2D eigenvalue weighted by Crippen LogP contribution is -2.01. The maximum absolute atomic E-state index is 11.9. The molecule has 0 radical (unpaired) electrons. The zero-order chi connectivity index (χ0) is 14.4. The summed E-state index contributed by atoms with van der Waals surface area (Å²) in [6.07, 6.45) is 4.34. The van der Waals surface area contributed by atoms with Crippen molar-refractivity contribution in [1.29, 1.82) is 0 Å².